The van der Waals surface area contributed by atoms with Crippen LogP contribution in [0.1, 0.15) is 0 Å². The smallest absolute Gasteiger partial charge is 0.0725 e. The van der Waals surface area contributed by atoms with Crippen molar-refractivity contribution < 1.29 is 0 Å². The van der Waals surface area contributed by atoms with Gasteiger partial charge in [-0.15, -0.1) is 0 Å². The van der Waals surface area contributed by atoms with Gasteiger partial charge in [0.1, 0.15) is 0 Å². The van der Waals surface area contributed by atoms with Crippen molar-refractivity contribution in [3.05, 3.63) is 52.5 Å². The fourth-order valence-electron chi connectivity index (χ4n) is 1.81. The Morgan fingerprint density at radius 2 is 1.56 bits per heavy atom. The summed E-state index contributed by atoms with van der Waals surface area (Å²) < 4.78 is 0. The van der Waals surface area contributed by atoms with Crippen LogP contribution in [0.5, 0.6) is 0 Å². The maximum atomic E-state index is 6.35. The summed E-state index contributed by atoms with van der Waals surface area (Å²) in [6, 6.07) is 13.4. The van der Waals surface area contributed by atoms with Crippen molar-refractivity contribution >= 4 is 45.0 Å². The molecule has 0 aliphatic rings. The molecule has 0 saturated carbocycles. The fraction of sp³-hybridized carbons (Fsp3) is 0. The molecule has 0 atom stereocenters. The van der Waals surface area contributed by atoms with Gasteiger partial charge in [0.25, 0.3) is 0 Å². The van der Waals surface area contributed by atoms with Crippen molar-refractivity contribution in [3.63, 3.8) is 0 Å². The van der Waals surface area contributed by atoms with Crippen molar-refractivity contribution in [2.75, 3.05) is 0 Å². The number of fused-ring (bicyclic) bond motifs is 2. The lowest BCUT2D eigenvalue weighted by atomic mass is 10.1. The number of rotatable bonds is 0. The minimum atomic E-state index is 0.673. The number of nitrogens with zero attached hydrogens (tertiary/aromatic N) is 1. The van der Waals surface area contributed by atoms with Crippen LogP contribution >= 0.6 is 23.2 Å². The van der Waals surface area contributed by atoms with E-state index in [4.69, 9.17) is 23.2 Å². The van der Waals surface area contributed by atoms with Crippen LogP contribution in [0, 0.1) is 0 Å². The highest BCUT2D eigenvalue weighted by molar-refractivity contribution is 6.41. The normalized spacial score (nSPS) is 11.1. The van der Waals surface area contributed by atoms with E-state index in [1.54, 1.807) is 0 Å². The molecule has 78 valence electrons. The van der Waals surface area contributed by atoms with E-state index in [1.807, 2.05) is 42.5 Å². The average molecular weight is 248 g/mol. The second-order valence-corrected chi connectivity index (χ2v) is 4.42. The highest BCUT2D eigenvalue weighted by Crippen LogP contribution is 2.31. The summed E-state index contributed by atoms with van der Waals surface area (Å²) in [6.45, 7) is 0. The zero-order valence-electron chi connectivity index (χ0n) is 8.24. The van der Waals surface area contributed by atoms with Crippen molar-refractivity contribution in [2.24, 2.45) is 0 Å². The van der Waals surface area contributed by atoms with E-state index in [9.17, 15) is 0 Å². The second kappa shape index (κ2) is 3.62. The Kier molecular flexibility index (Phi) is 2.23. The first kappa shape index (κ1) is 9.88. The number of aromatic nitrogens is 1. The van der Waals surface area contributed by atoms with Crippen LogP contribution in [0.4, 0.5) is 0 Å². The van der Waals surface area contributed by atoms with Crippen LogP contribution < -0.4 is 0 Å². The van der Waals surface area contributed by atoms with Crippen molar-refractivity contribution in [1.82, 2.24) is 4.98 Å². The predicted molar refractivity (Wildman–Crippen MR) is 69.3 cm³/mol. The maximum absolute atomic E-state index is 6.35. The van der Waals surface area contributed by atoms with Gasteiger partial charge in [-0.1, -0.05) is 41.4 Å². The van der Waals surface area contributed by atoms with E-state index >= 15 is 0 Å². The van der Waals surface area contributed by atoms with Gasteiger partial charge in [0, 0.05) is 15.8 Å². The second-order valence-electron chi connectivity index (χ2n) is 3.60. The van der Waals surface area contributed by atoms with Gasteiger partial charge in [-0.2, -0.15) is 0 Å². The third kappa shape index (κ3) is 1.44. The number of benzene rings is 2. The van der Waals surface area contributed by atoms with E-state index < -0.39 is 0 Å². The molecule has 2 aromatic carbocycles. The average Bonchev–Trinajstić information content (AvgIpc) is 2.31. The van der Waals surface area contributed by atoms with Gasteiger partial charge < -0.3 is 0 Å². The predicted octanol–water partition coefficient (Wildman–Crippen LogP) is 4.69. The highest BCUT2D eigenvalue weighted by Gasteiger charge is 2.06. The Morgan fingerprint density at radius 1 is 0.812 bits per heavy atom. The third-order valence-corrected chi connectivity index (χ3v) is 3.22. The van der Waals surface area contributed by atoms with Crippen LogP contribution in [0.15, 0.2) is 42.5 Å². The van der Waals surface area contributed by atoms with Gasteiger partial charge in [-0.25, -0.2) is 4.98 Å². The molecular formula is C13H7Cl2N. The summed E-state index contributed by atoms with van der Waals surface area (Å²) in [5.74, 6) is 0. The van der Waals surface area contributed by atoms with Gasteiger partial charge >= 0.3 is 0 Å². The molecule has 3 rings (SSSR count). The number of pyridine rings is 1. The Balaban J connectivity index is 2.56. The van der Waals surface area contributed by atoms with E-state index in [0.717, 1.165) is 21.8 Å². The van der Waals surface area contributed by atoms with Crippen molar-refractivity contribution in [1.29, 1.82) is 0 Å². The molecule has 1 aromatic heterocycles. The molecular weight excluding hydrogens is 241 g/mol. The topological polar surface area (TPSA) is 12.9 Å². The fourth-order valence-corrected chi connectivity index (χ4v) is 2.30. The van der Waals surface area contributed by atoms with E-state index in [1.165, 1.54) is 0 Å². The first-order chi connectivity index (χ1) is 7.75. The number of para-hydroxylation sites is 1. The lowest BCUT2D eigenvalue weighted by Crippen LogP contribution is -1.84. The van der Waals surface area contributed by atoms with Gasteiger partial charge in [0.15, 0.2) is 0 Å². The van der Waals surface area contributed by atoms with Gasteiger partial charge in [-0.3, -0.25) is 0 Å². The number of hydrogen-bond acceptors (Lipinski definition) is 1. The summed E-state index contributed by atoms with van der Waals surface area (Å²) in [4.78, 5) is 4.54. The monoisotopic (exact) mass is 247 g/mol. The van der Waals surface area contributed by atoms with E-state index in [-0.39, 0.29) is 0 Å². The molecule has 1 heterocycles. The molecule has 0 bridgehead atoms. The Labute approximate surface area is 103 Å². The van der Waals surface area contributed by atoms with Crippen LogP contribution in [0.2, 0.25) is 10.0 Å². The zero-order valence-corrected chi connectivity index (χ0v) is 9.76. The van der Waals surface area contributed by atoms with Gasteiger partial charge in [-0.05, 0) is 24.3 Å². The molecule has 0 N–H and O–H groups in total. The molecule has 3 aromatic rings. The van der Waals surface area contributed by atoms with Crippen molar-refractivity contribution in [3.8, 4) is 0 Å². The summed E-state index contributed by atoms with van der Waals surface area (Å²) in [7, 11) is 0. The summed E-state index contributed by atoms with van der Waals surface area (Å²) >= 11 is 12.3. The Hall–Kier alpha value is -1.31. The standard InChI is InChI=1S/C13H7Cl2N/c14-8-5-6-12-10(7-8)13(15)9-3-1-2-4-11(9)16-12/h1-7H. The SMILES string of the molecule is Clc1ccc2nc3ccccc3c(Cl)c2c1. The molecule has 16 heavy (non-hydrogen) atoms. The molecule has 0 aliphatic heterocycles. The van der Waals surface area contributed by atoms with Crippen LogP contribution in [0.25, 0.3) is 21.8 Å². The third-order valence-electron chi connectivity index (χ3n) is 2.58. The number of halogens is 2. The van der Waals surface area contributed by atoms with E-state index in [0.29, 0.717) is 10.0 Å². The molecule has 0 saturated heterocycles. The highest BCUT2D eigenvalue weighted by atomic mass is 35.5. The Bertz CT molecular complexity index is 692. The molecule has 3 heteroatoms. The minimum Gasteiger partial charge on any atom is -0.248 e. The summed E-state index contributed by atoms with van der Waals surface area (Å²) in [6.07, 6.45) is 0. The summed E-state index contributed by atoms with van der Waals surface area (Å²) in [5, 5.41) is 3.24. The van der Waals surface area contributed by atoms with Crippen molar-refractivity contribution in [2.45, 2.75) is 0 Å². The molecule has 0 aliphatic carbocycles. The minimum absolute atomic E-state index is 0.673. The lowest BCUT2D eigenvalue weighted by molar-refractivity contribution is 1.50. The largest absolute Gasteiger partial charge is 0.248 e. The lowest BCUT2D eigenvalue weighted by Gasteiger charge is -2.05. The van der Waals surface area contributed by atoms with Crippen LogP contribution in [-0.4, -0.2) is 4.98 Å². The molecule has 1 nitrogen and oxygen atoms in total. The molecule has 0 amide bonds. The molecule has 0 spiro atoms. The van der Waals surface area contributed by atoms with Crippen LogP contribution in [-0.2, 0) is 0 Å². The summed E-state index contributed by atoms with van der Waals surface area (Å²) in [5.41, 5.74) is 1.77. The zero-order chi connectivity index (χ0) is 11.1. The van der Waals surface area contributed by atoms with Gasteiger partial charge in [0.2, 0.25) is 0 Å². The first-order valence-electron chi connectivity index (χ1n) is 4.89. The molecule has 0 unspecified atom stereocenters. The molecule has 0 radical (unpaired) electrons. The quantitative estimate of drug-likeness (QED) is 0.525. The molecule has 0 fully saturated rings. The van der Waals surface area contributed by atoms with Gasteiger partial charge in [0.05, 0.1) is 16.1 Å². The van der Waals surface area contributed by atoms with E-state index in [2.05, 4.69) is 4.98 Å². The van der Waals surface area contributed by atoms with Crippen LogP contribution in [0.3, 0.4) is 0 Å². The first-order valence-corrected chi connectivity index (χ1v) is 5.65. The maximum Gasteiger partial charge on any atom is 0.0725 e. The number of hydrogen-bond donors (Lipinski definition) is 0. The Morgan fingerprint density at radius 3 is 2.44 bits per heavy atom.